The van der Waals surface area contributed by atoms with Crippen molar-refractivity contribution in [2.75, 3.05) is 12.8 Å². The fourth-order valence-electron chi connectivity index (χ4n) is 1.04. The van der Waals surface area contributed by atoms with Gasteiger partial charge >= 0.3 is 0 Å². The number of ether oxygens (including phenoxy) is 1. The molecule has 1 aromatic rings. The summed E-state index contributed by atoms with van der Waals surface area (Å²) in [5.74, 6) is 0.813. The molecule has 1 unspecified atom stereocenters. The summed E-state index contributed by atoms with van der Waals surface area (Å²) in [6.45, 7) is 2.11. The van der Waals surface area contributed by atoms with Gasteiger partial charge in [0.2, 0.25) is 0 Å². The average Bonchev–Trinajstić information content (AvgIpc) is 2.03. The molecule has 0 saturated carbocycles. The molecule has 0 bridgehead atoms. The molecule has 3 heteroatoms. The standard InChI is InChI=1S/C9H12INO/c1-6(10)8-4-3-7(12-2)5-9(8)11/h3-6H,11H2,1-2H3. The lowest BCUT2D eigenvalue weighted by molar-refractivity contribution is 0.415. The number of anilines is 1. The average molecular weight is 277 g/mol. The molecule has 0 saturated heterocycles. The smallest absolute Gasteiger partial charge is 0.120 e. The van der Waals surface area contributed by atoms with Crippen LogP contribution in [0.15, 0.2) is 18.2 Å². The second kappa shape index (κ2) is 3.98. The third kappa shape index (κ3) is 2.03. The van der Waals surface area contributed by atoms with Crippen LogP contribution in [0.1, 0.15) is 16.4 Å². The van der Waals surface area contributed by atoms with E-state index < -0.39 is 0 Å². The minimum Gasteiger partial charge on any atom is -0.497 e. The minimum absolute atomic E-state index is 0.438. The normalized spacial score (nSPS) is 12.6. The maximum atomic E-state index is 5.81. The first kappa shape index (κ1) is 9.64. The van der Waals surface area contributed by atoms with E-state index in [1.54, 1.807) is 7.11 Å². The highest BCUT2D eigenvalue weighted by Crippen LogP contribution is 2.29. The number of benzene rings is 1. The Kier molecular flexibility index (Phi) is 3.20. The molecule has 0 fully saturated rings. The van der Waals surface area contributed by atoms with Crippen molar-refractivity contribution in [2.24, 2.45) is 0 Å². The van der Waals surface area contributed by atoms with Crippen LogP contribution in [0.5, 0.6) is 5.75 Å². The summed E-state index contributed by atoms with van der Waals surface area (Å²) in [4.78, 5) is 0. The maximum Gasteiger partial charge on any atom is 0.120 e. The van der Waals surface area contributed by atoms with Gasteiger partial charge in [-0.1, -0.05) is 28.7 Å². The lowest BCUT2D eigenvalue weighted by atomic mass is 10.1. The van der Waals surface area contributed by atoms with Gasteiger partial charge in [0.25, 0.3) is 0 Å². The van der Waals surface area contributed by atoms with Gasteiger partial charge in [-0.15, -0.1) is 0 Å². The molecule has 1 atom stereocenters. The third-order valence-corrected chi connectivity index (χ3v) is 2.39. The van der Waals surface area contributed by atoms with Crippen LogP contribution in [0.3, 0.4) is 0 Å². The highest BCUT2D eigenvalue weighted by Gasteiger charge is 2.05. The highest BCUT2D eigenvalue weighted by molar-refractivity contribution is 14.1. The molecule has 1 rings (SSSR count). The van der Waals surface area contributed by atoms with Crippen LogP contribution in [0, 0.1) is 0 Å². The molecule has 12 heavy (non-hydrogen) atoms. The van der Waals surface area contributed by atoms with Crippen LogP contribution < -0.4 is 10.5 Å². The molecule has 1 aromatic carbocycles. The number of alkyl halides is 1. The Labute approximate surface area is 86.2 Å². The van der Waals surface area contributed by atoms with Crippen LogP contribution in [-0.4, -0.2) is 7.11 Å². The summed E-state index contributed by atoms with van der Waals surface area (Å²) in [6, 6.07) is 5.79. The highest BCUT2D eigenvalue weighted by atomic mass is 127. The second-order valence-electron chi connectivity index (χ2n) is 2.61. The van der Waals surface area contributed by atoms with Crippen LogP contribution >= 0.6 is 22.6 Å². The zero-order chi connectivity index (χ0) is 9.14. The van der Waals surface area contributed by atoms with Crippen molar-refractivity contribution in [3.8, 4) is 5.75 Å². The lowest BCUT2D eigenvalue weighted by Crippen LogP contribution is -1.95. The Morgan fingerprint density at radius 3 is 2.58 bits per heavy atom. The molecule has 0 heterocycles. The number of hydrogen-bond donors (Lipinski definition) is 1. The molecule has 0 aliphatic rings. The second-order valence-corrected chi connectivity index (χ2v) is 4.48. The molecule has 2 nitrogen and oxygen atoms in total. The zero-order valence-electron chi connectivity index (χ0n) is 7.17. The first-order valence-electron chi connectivity index (χ1n) is 3.72. The molecule has 0 aromatic heterocycles. The summed E-state index contributed by atoms with van der Waals surface area (Å²) < 4.78 is 5.49. The fourth-order valence-corrected chi connectivity index (χ4v) is 1.61. The number of nitrogen functional groups attached to an aromatic ring is 1. The van der Waals surface area contributed by atoms with Crippen LogP contribution in [0.25, 0.3) is 0 Å². The number of hydrogen-bond acceptors (Lipinski definition) is 2. The van der Waals surface area contributed by atoms with E-state index in [9.17, 15) is 0 Å². The SMILES string of the molecule is COc1ccc(C(C)I)c(N)c1. The topological polar surface area (TPSA) is 35.2 Å². The summed E-state index contributed by atoms with van der Waals surface area (Å²) in [5.41, 5.74) is 7.78. The minimum atomic E-state index is 0.438. The van der Waals surface area contributed by atoms with Crippen molar-refractivity contribution in [3.05, 3.63) is 23.8 Å². The van der Waals surface area contributed by atoms with Gasteiger partial charge in [-0.25, -0.2) is 0 Å². The van der Waals surface area contributed by atoms with Gasteiger partial charge in [0, 0.05) is 15.7 Å². The largest absolute Gasteiger partial charge is 0.497 e. The molecule has 2 N–H and O–H groups in total. The number of halogens is 1. The van der Waals surface area contributed by atoms with Crippen molar-refractivity contribution in [3.63, 3.8) is 0 Å². The van der Waals surface area contributed by atoms with Crippen molar-refractivity contribution in [1.29, 1.82) is 0 Å². The predicted octanol–water partition coefficient (Wildman–Crippen LogP) is 2.77. The van der Waals surface area contributed by atoms with Crippen LogP contribution in [0.2, 0.25) is 0 Å². The Morgan fingerprint density at radius 1 is 1.50 bits per heavy atom. The fraction of sp³-hybridized carbons (Fsp3) is 0.333. The molecular weight excluding hydrogens is 265 g/mol. The number of rotatable bonds is 2. The Hall–Kier alpha value is -0.450. The van der Waals surface area contributed by atoms with Gasteiger partial charge in [0.05, 0.1) is 7.11 Å². The van der Waals surface area contributed by atoms with E-state index >= 15 is 0 Å². The van der Waals surface area contributed by atoms with Gasteiger partial charge in [-0.05, 0) is 18.6 Å². The molecule has 66 valence electrons. The van der Waals surface area contributed by atoms with E-state index in [1.807, 2.05) is 18.2 Å². The Morgan fingerprint density at radius 2 is 2.17 bits per heavy atom. The van der Waals surface area contributed by atoms with Crippen LogP contribution in [0.4, 0.5) is 5.69 Å². The summed E-state index contributed by atoms with van der Waals surface area (Å²) in [6.07, 6.45) is 0. The summed E-state index contributed by atoms with van der Waals surface area (Å²) >= 11 is 2.34. The molecule has 0 amide bonds. The van der Waals surface area contributed by atoms with E-state index in [0.29, 0.717) is 3.92 Å². The quantitative estimate of drug-likeness (QED) is 0.512. The molecule has 0 spiro atoms. The van der Waals surface area contributed by atoms with Gasteiger partial charge in [0.1, 0.15) is 5.75 Å². The molecule has 0 aliphatic carbocycles. The number of nitrogens with two attached hydrogens (primary N) is 1. The van der Waals surface area contributed by atoms with Crippen molar-refractivity contribution >= 4 is 28.3 Å². The van der Waals surface area contributed by atoms with Gasteiger partial charge in [-0.2, -0.15) is 0 Å². The number of methoxy groups -OCH3 is 1. The zero-order valence-corrected chi connectivity index (χ0v) is 9.33. The van der Waals surface area contributed by atoms with E-state index in [0.717, 1.165) is 17.0 Å². The van der Waals surface area contributed by atoms with E-state index in [4.69, 9.17) is 10.5 Å². The van der Waals surface area contributed by atoms with Gasteiger partial charge in [-0.3, -0.25) is 0 Å². The first-order chi connectivity index (χ1) is 5.65. The molecule has 0 radical (unpaired) electrons. The Balaban J connectivity index is 3.03. The van der Waals surface area contributed by atoms with Crippen LogP contribution in [-0.2, 0) is 0 Å². The monoisotopic (exact) mass is 277 g/mol. The third-order valence-electron chi connectivity index (χ3n) is 1.72. The van der Waals surface area contributed by atoms with Crippen molar-refractivity contribution < 1.29 is 4.74 Å². The van der Waals surface area contributed by atoms with Gasteiger partial charge < -0.3 is 10.5 Å². The van der Waals surface area contributed by atoms with Crippen molar-refractivity contribution in [2.45, 2.75) is 10.8 Å². The molecule has 0 aliphatic heterocycles. The van der Waals surface area contributed by atoms with E-state index in [2.05, 4.69) is 29.5 Å². The maximum absolute atomic E-state index is 5.81. The van der Waals surface area contributed by atoms with E-state index in [1.165, 1.54) is 0 Å². The van der Waals surface area contributed by atoms with Gasteiger partial charge in [0.15, 0.2) is 0 Å². The van der Waals surface area contributed by atoms with Crippen molar-refractivity contribution in [1.82, 2.24) is 0 Å². The predicted molar refractivity (Wildman–Crippen MR) is 59.8 cm³/mol. The van der Waals surface area contributed by atoms with E-state index in [-0.39, 0.29) is 0 Å². The summed E-state index contributed by atoms with van der Waals surface area (Å²) in [7, 11) is 1.64. The Bertz CT molecular complexity index is 273. The first-order valence-corrected chi connectivity index (χ1v) is 4.97. The summed E-state index contributed by atoms with van der Waals surface area (Å²) in [5, 5.41) is 0. The molecular formula is C9H12INO. The lowest BCUT2D eigenvalue weighted by Gasteiger charge is -2.09.